The highest BCUT2D eigenvalue weighted by Gasteiger charge is 2.23. The maximum Gasteiger partial charge on any atom is 0.272 e. The lowest BCUT2D eigenvalue weighted by molar-refractivity contribution is 0.0299. The van der Waals surface area contributed by atoms with E-state index >= 15 is 0 Å². The first-order valence-electron chi connectivity index (χ1n) is 10.8. The molecule has 1 N–H and O–H groups in total. The molecule has 7 nitrogen and oxygen atoms in total. The second kappa shape index (κ2) is 8.51. The van der Waals surface area contributed by atoms with Gasteiger partial charge in [0.15, 0.2) is 11.5 Å². The first kappa shape index (κ1) is 20.3. The van der Waals surface area contributed by atoms with E-state index in [9.17, 15) is 4.79 Å². The van der Waals surface area contributed by atoms with Gasteiger partial charge in [-0.05, 0) is 37.3 Å². The van der Waals surface area contributed by atoms with Crippen molar-refractivity contribution in [3.63, 3.8) is 0 Å². The molecule has 3 heterocycles. The van der Waals surface area contributed by atoms with E-state index in [1.165, 1.54) is 0 Å². The van der Waals surface area contributed by atoms with E-state index in [1.807, 2.05) is 49.4 Å². The van der Waals surface area contributed by atoms with Gasteiger partial charge in [-0.1, -0.05) is 18.2 Å². The van der Waals surface area contributed by atoms with Crippen LogP contribution in [0.1, 0.15) is 17.4 Å². The van der Waals surface area contributed by atoms with E-state index in [1.54, 1.807) is 12.0 Å². The molecular weight excluding hydrogens is 406 g/mol. The number of hydrogen-bond donors (Lipinski definition) is 1. The molecule has 0 radical (unpaired) electrons. The maximum atomic E-state index is 13.3. The van der Waals surface area contributed by atoms with Gasteiger partial charge in [0, 0.05) is 34.9 Å². The van der Waals surface area contributed by atoms with Gasteiger partial charge in [-0.15, -0.1) is 0 Å². The largest absolute Gasteiger partial charge is 0.493 e. The van der Waals surface area contributed by atoms with Crippen molar-refractivity contribution in [2.75, 3.05) is 40.0 Å². The lowest BCUT2D eigenvalue weighted by Crippen LogP contribution is -2.41. The second-order valence-corrected chi connectivity index (χ2v) is 7.65. The van der Waals surface area contributed by atoms with Crippen molar-refractivity contribution in [2.24, 2.45) is 0 Å². The fraction of sp³-hybridized carbons (Fsp3) is 0.280. The van der Waals surface area contributed by atoms with Gasteiger partial charge in [0.1, 0.15) is 5.69 Å². The number of fused-ring (bicyclic) bond motifs is 3. The summed E-state index contributed by atoms with van der Waals surface area (Å²) in [4.78, 5) is 23.4. The third kappa shape index (κ3) is 3.54. The van der Waals surface area contributed by atoms with Crippen molar-refractivity contribution in [3.8, 4) is 22.8 Å². The van der Waals surface area contributed by atoms with Crippen LogP contribution in [0, 0.1) is 0 Å². The molecule has 0 saturated carbocycles. The summed E-state index contributed by atoms with van der Waals surface area (Å²) < 4.78 is 16.6. The zero-order valence-corrected chi connectivity index (χ0v) is 18.2. The van der Waals surface area contributed by atoms with Gasteiger partial charge in [-0.3, -0.25) is 4.79 Å². The fourth-order valence-electron chi connectivity index (χ4n) is 4.18. The highest BCUT2D eigenvalue weighted by molar-refractivity contribution is 6.13. The molecule has 2 aromatic heterocycles. The fourth-order valence-corrected chi connectivity index (χ4v) is 4.18. The average Bonchev–Trinajstić information content (AvgIpc) is 3.22. The Morgan fingerprint density at radius 3 is 2.69 bits per heavy atom. The molecule has 0 spiro atoms. The van der Waals surface area contributed by atoms with Crippen LogP contribution in [-0.4, -0.2) is 60.8 Å². The Morgan fingerprint density at radius 1 is 1.09 bits per heavy atom. The lowest BCUT2D eigenvalue weighted by Gasteiger charge is -2.26. The van der Waals surface area contributed by atoms with E-state index in [0.717, 1.165) is 27.4 Å². The summed E-state index contributed by atoms with van der Waals surface area (Å²) in [5.74, 6) is 1.21. The van der Waals surface area contributed by atoms with Crippen LogP contribution in [0.2, 0.25) is 0 Å². The monoisotopic (exact) mass is 431 g/mol. The van der Waals surface area contributed by atoms with E-state index in [-0.39, 0.29) is 5.91 Å². The molecule has 7 heteroatoms. The summed E-state index contributed by atoms with van der Waals surface area (Å²) in [6.07, 6.45) is 0. The SMILES string of the molecule is CCOc1ccc(-c2nc(C(=O)N3CCOCC3)cc3c2[nH]c2ccccc23)cc1OC. The number of aromatic amines is 1. The predicted molar refractivity (Wildman–Crippen MR) is 123 cm³/mol. The number of methoxy groups -OCH3 is 1. The van der Waals surface area contributed by atoms with Crippen LogP contribution in [0.4, 0.5) is 0 Å². The van der Waals surface area contributed by atoms with Crippen LogP contribution in [-0.2, 0) is 4.74 Å². The van der Waals surface area contributed by atoms with E-state index in [0.29, 0.717) is 55.8 Å². The highest BCUT2D eigenvalue weighted by Crippen LogP contribution is 2.37. The van der Waals surface area contributed by atoms with Gasteiger partial charge in [-0.2, -0.15) is 0 Å². The number of para-hydroxylation sites is 1. The van der Waals surface area contributed by atoms with Crippen LogP contribution in [0.15, 0.2) is 48.5 Å². The number of H-pyrrole nitrogens is 1. The number of nitrogens with zero attached hydrogens (tertiary/aromatic N) is 2. The molecule has 1 aliphatic rings. The van der Waals surface area contributed by atoms with Gasteiger partial charge >= 0.3 is 0 Å². The molecule has 2 aromatic carbocycles. The molecule has 0 bridgehead atoms. The molecule has 5 rings (SSSR count). The Hall–Kier alpha value is -3.58. The number of morpholine rings is 1. The van der Waals surface area contributed by atoms with Crippen LogP contribution in [0.5, 0.6) is 11.5 Å². The maximum absolute atomic E-state index is 13.3. The number of amides is 1. The van der Waals surface area contributed by atoms with E-state index < -0.39 is 0 Å². The number of rotatable bonds is 5. The number of benzene rings is 2. The molecule has 0 aliphatic carbocycles. The van der Waals surface area contributed by atoms with Crippen molar-refractivity contribution in [3.05, 3.63) is 54.2 Å². The first-order valence-corrected chi connectivity index (χ1v) is 10.8. The van der Waals surface area contributed by atoms with Gasteiger partial charge in [0.05, 0.1) is 38.1 Å². The standard InChI is InChI=1S/C25H25N3O4/c1-3-32-21-9-8-16(14-22(21)30-2)23-24-18(17-6-4-5-7-19(17)26-24)15-20(27-23)25(29)28-10-12-31-13-11-28/h4-9,14-15,26H,3,10-13H2,1-2H3. The smallest absolute Gasteiger partial charge is 0.272 e. The summed E-state index contributed by atoms with van der Waals surface area (Å²) >= 11 is 0. The molecule has 1 aliphatic heterocycles. The Bertz CT molecular complexity index is 1290. The molecule has 1 amide bonds. The molecular formula is C25H25N3O4. The Kier molecular flexibility index (Phi) is 5.41. The van der Waals surface area contributed by atoms with Crippen LogP contribution in [0.3, 0.4) is 0 Å². The minimum absolute atomic E-state index is 0.0837. The van der Waals surface area contributed by atoms with Crippen molar-refractivity contribution in [2.45, 2.75) is 6.92 Å². The van der Waals surface area contributed by atoms with Crippen molar-refractivity contribution in [1.29, 1.82) is 0 Å². The summed E-state index contributed by atoms with van der Waals surface area (Å²) in [7, 11) is 1.62. The van der Waals surface area contributed by atoms with Crippen molar-refractivity contribution < 1.29 is 19.0 Å². The number of nitrogens with one attached hydrogen (secondary N) is 1. The number of ether oxygens (including phenoxy) is 3. The second-order valence-electron chi connectivity index (χ2n) is 7.65. The Morgan fingerprint density at radius 2 is 1.91 bits per heavy atom. The minimum atomic E-state index is -0.0837. The van der Waals surface area contributed by atoms with Crippen LogP contribution >= 0.6 is 0 Å². The summed E-state index contributed by atoms with van der Waals surface area (Å²) in [6, 6.07) is 15.7. The molecule has 0 unspecified atom stereocenters. The van der Waals surface area contributed by atoms with Crippen molar-refractivity contribution in [1.82, 2.24) is 14.9 Å². The number of carbonyl (C=O) groups excluding carboxylic acids is 1. The van der Waals surface area contributed by atoms with E-state index in [2.05, 4.69) is 11.1 Å². The summed E-state index contributed by atoms with van der Waals surface area (Å²) in [5, 5.41) is 2.02. The summed E-state index contributed by atoms with van der Waals surface area (Å²) in [6.45, 7) is 4.71. The lowest BCUT2D eigenvalue weighted by atomic mass is 10.1. The zero-order valence-electron chi connectivity index (χ0n) is 18.2. The quantitative estimate of drug-likeness (QED) is 0.511. The van der Waals surface area contributed by atoms with Crippen molar-refractivity contribution >= 4 is 27.7 Å². The number of carbonyl (C=O) groups is 1. The van der Waals surface area contributed by atoms with Crippen LogP contribution in [0.25, 0.3) is 33.1 Å². The third-order valence-electron chi connectivity index (χ3n) is 5.75. The van der Waals surface area contributed by atoms with Gasteiger partial charge in [0.25, 0.3) is 5.91 Å². The zero-order chi connectivity index (χ0) is 22.1. The molecule has 4 aromatic rings. The number of hydrogen-bond acceptors (Lipinski definition) is 5. The number of pyridine rings is 1. The summed E-state index contributed by atoms with van der Waals surface area (Å²) in [5.41, 5.74) is 3.86. The Labute approximate surface area is 185 Å². The normalized spacial score (nSPS) is 14.1. The number of aromatic nitrogens is 2. The molecule has 1 fully saturated rings. The van der Waals surface area contributed by atoms with Crippen LogP contribution < -0.4 is 9.47 Å². The van der Waals surface area contributed by atoms with Gasteiger partial charge < -0.3 is 24.1 Å². The topological polar surface area (TPSA) is 76.7 Å². The van der Waals surface area contributed by atoms with E-state index in [4.69, 9.17) is 19.2 Å². The Balaban J connectivity index is 1.71. The molecule has 164 valence electrons. The third-order valence-corrected chi connectivity index (χ3v) is 5.75. The van der Waals surface area contributed by atoms with Gasteiger partial charge in [-0.25, -0.2) is 4.98 Å². The minimum Gasteiger partial charge on any atom is -0.493 e. The molecule has 0 atom stereocenters. The predicted octanol–water partition coefficient (Wildman–Crippen LogP) is 4.26. The van der Waals surface area contributed by atoms with Gasteiger partial charge in [0.2, 0.25) is 0 Å². The first-order chi connectivity index (χ1) is 15.7. The average molecular weight is 431 g/mol. The molecule has 1 saturated heterocycles. The highest BCUT2D eigenvalue weighted by atomic mass is 16.5. The molecule has 32 heavy (non-hydrogen) atoms.